The fourth-order valence-corrected chi connectivity index (χ4v) is 4.23. The Labute approximate surface area is 143 Å². The summed E-state index contributed by atoms with van der Waals surface area (Å²) in [6.07, 6.45) is 0. The lowest BCUT2D eigenvalue weighted by Crippen LogP contribution is -2.38. The summed E-state index contributed by atoms with van der Waals surface area (Å²) in [7, 11) is 0. The summed E-state index contributed by atoms with van der Waals surface area (Å²) in [4.78, 5) is 14.4. The first kappa shape index (κ1) is 17.4. The summed E-state index contributed by atoms with van der Waals surface area (Å²) in [6, 6.07) is 2.37. The van der Waals surface area contributed by atoms with Gasteiger partial charge in [-0.15, -0.1) is 10.2 Å². The first-order valence-electron chi connectivity index (χ1n) is 7.16. The number of carbonyl (C=O) groups is 1. The molecule has 2 aromatic rings. The van der Waals surface area contributed by atoms with E-state index < -0.39 is 0 Å². The van der Waals surface area contributed by atoms with Crippen LogP contribution in [0.15, 0.2) is 26.7 Å². The SMILES string of the molecule is CCN(CC)C(CNC(=O)CSc1nncs1)c1ccsc1. The Balaban J connectivity index is 1.86. The third kappa shape index (κ3) is 5.05. The molecule has 22 heavy (non-hydrogen) atoms. The van der Waals surface area contributed by atoms with Gasteiger partial charge in [0.1, 0.15) is 5.51 Å². The Morgan fingerprint density at radius 3 is 2.86 bits per heavy atom. The fraction of sp³-hybridized carbons (Fsp3) is 0.500. The molecule has 0 aliphatic carbocycles. The second-order valence-corrected chi connectivity index (χ2v) is 7.43. The minimum absolute atomic E-state index is 0.0348. The second kappa shape index (κ2) is 9.24. The molecule has 2 rings (SSSR count). The van der Waals surface area contributed by atoms with Crippen molar-refractivity contribution >= 4 is 40.3 Å². The topological polar surface area (TPSA) is 58.1 Å². The van der Waals surface area contributed by atoms with Gasteiger partial charge in [-0.3, -0.25) is 9.69 Å². The van der Waals surface area contributed by atoms with Crippen LogP contribution in [0.2, 0.25) is 0 Å². The molecule has 0 saturated heterocycles. The molecule has 1 atom stereocenters. The van der Waals surface area contributed by atoms with Crippen LogP contribution >= 0.6 is 34.4 Å². The molecule has 5 nitrogen and oxygen atoms in total. The van der Waals surface area contributed by atoms with Crippen LogP contribution in [0.5, 0.6) is 0 Å². The zero-order valence-corrected chi connectivity index (χ0v) is 15.1. The van der Waals surface area contributed by atoms with Gasteiger partial charge in [0.25, 0.3) is 0 Å². The predicted molar refractivity (Wildman–Crippen MR) is 93.6 cm³/mol. The van der Waals surface area contributed by atoms with E-state index in [1.807, 2.05) is 0 Å². The lowest BCUT2D eigenvalue weighted by Gasteiger charge is -2.29. The van der Waals surface area contributed by atoms with Crippen molar-refractivity contribution in [3.63, 3.8) is 0 Å². The zero-order chi connectivity index (χ0) is 15.8. The number of nitrogens with one attached hydrogen (secondary N) is 1. The van der Waals surface area contributed by atoms with Crippen molar-refractivity contribution in [1.29, 1.82) is 0 Å². The molecule has 0 aromatic carbocycles. The number of rotatable bonds is 9. The molecule has 0 fully saturated rings. The van der Waals surface area contributed by atoms with Crippen molar-refractivity contribution in [1.82, 2.24) is 20.4 Å². The van der Waals surface area contributed by atoms with E-state index in [1.54, 1.807) is 16.8 Å². The van der Waals surface area contributed by atoms with Crippen LogP contribution in [-0.2, 0) is 4.79 Å². The third-order valence-corrected chi connectivity index (χ3v) is 5.90. The van der Waals surface area contributed by atoms with E-state index in [1.165, 1.54) is 28.7 Å². The standard InChI is InChI=1S/C14H20N4OS3/c1-3-18(4-2)12(11-5-6-20-8-11)7-15-13(19)9-21-14-17-16-10-22-14/h5-6,8,10,12H,3-4,7,9H2,1-2H3,(H,15,19). The van der Waals surface area contributed by atoms with Crippen molar-refractivity contribution in [2.45, 2.75) is 24.2 Å². The molecular formula is C14H20N4OS3. The molecule has 8 heteroatoms. The van der Waals surface area contributed by atoms with Gasteiger partial charge in [0.2, 0.25) is 5.91 Å². The highest BCUT2D eigenvalue weighted by Gasteiger charge is 2.19. The summed E-state index contributed by atoms with van der Waals surface area (Å²) >= 11 is 4.57. The molecule has 1 amide bonds. The first-order valence-corrected chi connectivity index (χ1v) is 9.97. The maximum absolute atomic E-state index is 12.0. The van der Waals surface area contributed by atoms with Crippen LogP contribution in [0.25, 0.3) is 0 Å². The number of thiophene rings is 1. The minimum Gasteiger partial charge on any atom is -0.353 e. The zero-order valence-electron chi connectivity index (χ0n) is 12.7. The lowest BCUT2D eigenvalue weighted by atomic mass is 10.1. The van der Waals surface area contributed by atoms with Gasteiger partial charge in [0.15, 0.2) is 4.34 Å². The summed E-state index contributed by atoms with van der Waals surface area (Å²) in [6.45, 7) is 6.86. The van der Waals surface area contributed by atoms with E-state index in [9.17, 15) is 4.79 Å². The van der Waals surface area contributed by atoms with Gasteiger partial charge in [-0.05, 0) is 35.5 Å². The number of aromatic nitrogens is 2. The lowest BCUT2D eigenvalue weighted by molar-refractivity contribution is -0.118. The summed E-state index contributed by atoms with van der Waals surface area (Å²) in [5.41, 5.74) is 2.94. The fourth-order valence-electron chi connectivity index (χ4n) is 2.20. The van der Waals surface area contributed by atoms with Gasteiger partial charge in [-0.2, -0.15) is 11.3 Å². The summed E-state index contributed by atoms with van der Waals surface area (Å²) < 4.78 is 0.827. The van der Waals surface area contributed by atoms with E-state index in [-0.39, 0.29) is 11.9 Å². The Bertz CT molecular complexity index is 540. The van der Waals surface area contributed by atoms with Crippen LogP contribution in [0.4, 0.5) is 0 Å². The Kier molecular flexibility index (Phi) is 7.31. The maximum atomic E-state index is 12.0. The number of nitrogens with zero attached hydrogens (tertiary/aromatic N) is 3. The van der Waals surface area contributed by atoms with Gasteiger partial charge < -0.3 is 5.32 Å². The van der Waals surface area contributed by atoms with Crippen LogP contribution in [0.3, 0.4) is 0 Å². The van der Waals surface area contributed by atoms with Crippen molar-refractivity contribution in [3.8, 4) is 0 Å². The molecule has 120 valence electrons. The highest BCUT2D eigenvalue weighted by Crippen LogP contribution is 2.22. The second-order valence-electron chi connectivity index (χ2n) is 4.59. The van der Waals surface area contributed by atoms with E-state index in [2.05, 4.69) is 51.1 Å². The number of thioether (sulfide) groups is 1. The molecule has 1 N–H and O–H groups in total. The number of amides is 1. The molecule has 2 aromatic heterocycles. The largest absolute Gasteiger partial charge is 0.353 e. The van der Waals surface area contributed by atoms with E-state index in [0.717, 1.165) is 17.4 Å². The molecule has 0 aliphatic rings. The molecule has 0 saturated carbocycles. The molecule has 0 spiro atoms. The minimum atomic E-state index is 0.0348. The Morgan fingerprint density at radius 2 is 2.27 bits per heavy atom. The normalized spacial score (nSPS) is 12.5. The van der Waals surface area contributed by atoms with Gasteiger partial charge >= 0.3 is 0 Å². The highest BCUT2D eigenvalue weighted by atomic mass is 32.2. The van der Waals surface area contributed by atoms with Gasteiger partial charge in [0.05, 0.1) is 11.8 Å². The molecule has 2 heterocycles. The number of hydrogen-bond donors (Lipinski definition) is 1. The molecule has 0 radical (unpaired) electrons. The molecular weight excluding hydrogens is 336 g/mol. The maximum Gasteiger partial charge on any atom is 0.230 e. The van der Waals surface area contributed by atoms with Crippen LogP contribution < -0.4 is 5.32 Å². The van der Waals surface area contributed by atoms with Crippen LogP contribution in [-0.4, -0.2) is 46.4 Å². The Hall–Kier alpha value is -0.960. The smallest absolute Gasteiger partial charge is 0.230 e. The molecule has 0 aliphatic heterocycles. The number of hydrogen-bond acceptors (Lipinski definition) is 7. The predicted octanol–water partition coefficient (Wildman–Crippen LogP) is 2.89. The average molecular weight is 357 g/mol. The van der Waals surface area contributed by atoms with Gasteiger partial charge in [0, 0.05) is 6.54 Å². The van der Waals surface area contributed by atoms with Crippen LogP contribution in [0.1, 0.15) is 25.5 Å². The van der Waals surface area contributed by atoms with Crippen molar-refractivity contribution in [2.24, 2.45) is 0 Å². The third-order valence-electron chi connectivity index (χ3n) is 3.34. The number of likely N-dealkylation sites (N-methyl/N-ethyl adjacent to an activating group) is 1. The summed E-state index contributed by atoms with van der Waals surface area (Å²) in [5.74, 6) is 0.414. The van der Waals surface area contributed by atoms with Crippen molar-refractivity contribution in [3.05, 3.63) is 27.9 Å². The molecule has 0 bridgehead atoms. The average Bonchev–Trinajstić information content (AvgIpc) is 3.22. The Morgan fingerprint density at radius 1 is 1.45 bits per heavy atom. The monoisotopic (exact) mass is 356 g/mol. The van der Waals surface area contributed by atoms with E-state index in [4.69, 9.17) is 0 Å². The molecule has 1 unspecified atom stereocenters. The summed E-state index contributed by atoms with van der Waals surface area (Å²) in [5, 5.41) is 15.0. The van der Waals surface area contributed by atoms with E-state index >= 15 is 0 Å². The number of carbonyl (C=O) groups excluding carboxylic acids is 1. The quantitative estimate of drug-likeness (QED) is 0.700. The first-order chi connectivity index (χ1) is 10.7. The van der Waals surface area contributed by atoms with Gasteiger partial charge in [-0.25, -0.2) is 0 Å². The van der Waals surface area contributed by atoms with Crippen molar-refractivity contribution < 1.29 is 4.79 Å². The van der Waals surface area contributed by atoms with Gasteiger partial charge in [-0.1, -0.05) is 36.9 Å². The van der Waals surface area contributed by atoms with E-state index in [0.29, 0.717) is 12.3 Å². The van der Waals surface area contributed by atoms with Crippen LogP contribution in [0, 0.1) is 0 Å². The highest BCUT2D eigenvalue weighted by molar-refractivity contribution is 8.01. The van der Waals surface area contributed by atoms with Crippen molar-refractivity contribution in [2.75, 3.05) is 25.4 Å².